The second kappa shape index (κ2) is 10.2. The Morgan fingerprint density at radius 1 is 1.05 bits per heavy atom. The fourth-order valence-corrected chi connectivity index (χ4v) is 7.17. The highest BCUT2D eigenvalue weighted by Crippen LogP contribution is 2.58. The van der Waals surface area contributed by atoms with E-state index in [1.165, 1.54) is 17.2 Å². The molecule has 3 aliphatic rings. The van der Waals surface area contributed by atoms with Crippen molar-refractivity contribution in [3.63, 3.8) is 0 Å². The molecule has 0 saturated carbocycles. The van der Waals surface area contributed by atoms with Crippen LogP contribution in [0.1, 0.15) is 31.7 Å². The van der Waals surface area contributed by atoms with E-state index in [4.69, 9.17) is 24.3 Å². The summed E-state index contributed by atoms with van der Waals surface area (Å²) in [4.78, 5) is 41.1. The van der Waals surface area contributed by atoms with E-state index in [0.717, 1.165) is 4.68 Å². The molecule has 17 nitrogen and oxygen atoms in total. The van der Waals surface area contributed by atoms with E-state index in [1.54, 1.807) is 0 Å². The Bertz CT molecular complexity index is 1830. The third kappa shape index (κ3) is 4.53. The monoisotopic (exact) mass is 628 g/mol. The number of anilines is 1. The molecule has 4 N–H and O–H groups in total. The van der Waals surface area contributed by atoms with E-state index in [1.807, 2.05) is 0 Å². The largest absolute Gasteiger partial charge is 0.386 e. The smallest absolute Gasteiger partial charge is 0.369 e. The van der Waals surface area contributed by atoms with Crippen LogP contribution < -0.4 is 16.9 Å². The maximum atomic E-state index is 15.9. The summed E-state index contributed by atoms with van der Waals surface area (Å²) in [5.74, 6) is -1.00. The number of nitrogens with two attached hydrogens (primary N) is 1. The first kappa shape index (κ1) is 27.5. The number of aromatic nitrogens is 9. The van der Waals surface area contributed by atoms with Crippen LogP contribution in [-0.2, 0) is 23.1 Å². The fourth-order valence-electron chi connectivity index (χ4n) is 5.72. The van der Waals surface area contributed by atoms with Crippen LogP contribution in [-0.4, -0.2) is 81.7 Å². The van der Waals surface area contributed by atoms with Crippen LogP contribution in [0.15, 0.2) is 22.2 Å². The van der Waals surface area contributed by atoms with E-state index in [0.29, 0.717) is 6.42 Å². The molecule has 21 heteroatoms. The topological polar surface area (TPSA) is 220 Å². The van der Waals surface area contributed by atoms with E-state index in [9.17, 15) is 14.2 Å². The van der Waals surface area contributed by atoms with Crippen molar-refractivity contribution in [3.05, 3.63) is 33.4 Å². The van der Waals surface area contributed by atoms with Gasteiger partial charge in [0.1, 0.15) is 6.10 Å². The van der Waals surface area contributed by atoms with Gasteiger partial charge in [-0.2, -0.15) is 9.67 Å². The van der Waals surface area contributed by atoms with Gasteiger partial charge in [-0.25, -0.2) is 23.3 Å². The molecular formula is C21H23F2N10O7PS. The Morgan fingerprint density at radius 2 is 1.86 bits per heavy atom. The number of H-pyrrole nitrogens is 2. The standard InChI is InChI=1S/C21H23F2N10O7PS/c22-10-7-2-1-3-8-11(23)14(20(38-8)33-16-13(30-31-33)18(35)29-21(24)28-16)40-41(36,42)37-4-9(7)39-19(10)32-6-27-12-15(32)25-5-26-17(12)34/h5-11,14,19-20H,1-4H2,(H,36,42)(H,25,26,34)(H3,24,28,29,35)/t7-,8-,9-,10+,11-,14-,19-,20-,41?/m1/s1. The number of imidazole rings is 1. The van der Waals surface area contributed by atoms with E-state index in [2.05, 4.69) is 47.5 Å². The summed E-state index contributed by atoms with van der Waals surface area (Å²) >= 11 is 4.03. The van der Waals surface area contributed by atoms with Gasteiger partial charge in [-0.05, 0) is 12.8 Å². The van der Waals surface area contributed by atoms with Crippen molar-refractivity contribution in [2.75, 3.05) is 12.3 Å². The number of aromatic amines is 2. The summed E-state index contributed by atoms with van der Waals surface area (Å²) in [6.45, 7) is -4.72. The molecule has 1 unspecified atom stereocenters. The van der Waals surface area contributed by atoms with Gasteiger partial charge in [0.05, 0.1) is 31.5 Å². The molecular weight excluding hydrogens is 605 g/mol. The number of nitrogen functional groups attached to an aromatic ring is 1. The van der Waals surface area contributed by atoms with Crippen molar-refractivity contribution in [3.8, 4) is 0 Å². The number of nitrogens with zero attached hydrogens (tertiary/aromatic N) is 7. The van der Waals surface area contributed by atoms with Gasteiger partial charge in [0.25, 0.3) is 11.1 Å². The second-order valence-electron chi connectivity index (χ2n) is 10.2. The second-order valence-corrected chi connectivity index (χ2v) is 13.0. The molecule has 7 rings (SSSR count). The third-order valence-electron chi connectivity index (χ3n) is 7.65. The fraction of sp³-hybridized carbons (Fsp3) is 0.571. The third-order valence-corrected chi connectivity index (χ3v) is 9.27. The lowest BCUT2D eigenvalue weighted by atomic mass is 9.92. The van der Waals surface area contributed by atoms with Gasteiger partial charge in [-0.3, -0.25) is 28.2 Å². The van der Waals surface area contributed by atoms with Crippen LogP contribution in [0, 0.1) is 5.92 Å². The van der Waals surface area contributed by atoms with Gasteiger partial charge in [-0.1, -0.05) is 23.9 Å². The molecule has 3 aliphatic heterocycles. The average Bonchev–Trinajstić information content (AvgIpc) is 3.69. The summed E-state index contributed by atoms with van der Waals surface area (Å²) in [6, 6.07) is 0. The van der Waals surface area contributed by atoms with Crippen LogP contribution in [0.2, 0.25) is 0 Å². The number of alkyl halides is 2. The van der Waals surface area contributed by atoms with Gasteiger partial charge in [-0.15, -0.1) is 5.10 Å². The number of ether oxygens (including phenoxy) is 2. The van der Waals surface area contributed by atoms with Crippen molar-refractivity contribution in [2.24, 2.45) is 5.92 Å². The van der Waals surface area contributed by atoms with Gasteiger partial charge >= 0.3 is 6.80 Å². The predicted molar refractivity (Wildman–Crippen MR) is 141 cm³/mol. The Morgan fingerprint density at radius 3 is 2.69 bits per heavy atom. The van der Waals surface area contributed by atoms with Crippen molar-refractivity contribution in [2.45, 2.75) is 62.4 Å². The Kier molecular flexibility index (Phi) is 6.66. The van der Waals surface area contributed by atoms with Gasteiger partial charge in [0.2, 0.25) is 5.95 Å². The van der Waals surface area contributed by atoms with Crippen molar-refractivity contribution < 1.29 is 31.9 Å². The van der Waals surface area contributed by atoms with Gasteiger partial charge < -0.3 is 20.2 Å². The zero-order valence-corrected chi connectivity index (χ0v) is 23.1. The van der Waals surface area contributed by atoms with Crippen LogP contribution >= 0.6 is 19.0 Å². The number of rotatable bonds is 2. The van der Waals surface area contributed by atoms with Gasteiger partial charge in [0.15, 0.2) is 47.1 Å². The van der Waals surface area contributed by atoms with Crippen LogP contribution in [0.5, 0.6) is 0 Å². The minimum atomic E-state index is -4.31. The highest BCUT2D eigenvalue weighted by atomic mass is 32.7. The predicted octanol–water partition coefficient (Wildman–Crippen LogP) is 0.941. The SMILES string of the molecule is Nc1nc2c(nnn2[C@@H]2O[C@@H]3CCC[C@H]4[C@H](F)[C@H](n5cnc6c(=O)[nH]cnc65)O[C@@H]4COP(=O)(S)O[C@@H]2[C@@H]3F)c(=O)[nH]1. The highest BCUT2D eigenvalue weighted by molar-refractivity contribution is 8.44. The first-order chi connectivity index (χ1) is 20.1. The quantitative estimate of drug-likeness (QED) is 0.180. The molecule has 0 aromatic carbocycles. The lowest BCUT2D eigenvalue weighted by Gasteiger charge is -2.25. The number of hydrogen-bond donors (Lipinski definition) is 4. The molecule has 4 aromatic heterocycles. The summed E-state index contributed by atoms with van der Waals surface area (Å²) in [7, 11) is 0. The first-order valence-corrected chi connectivity index (χ1v) is 15.6. The van der Waals surface area contributed by atoms with Crippen LogP contribution in [0.25, 0.3) is 22.3 Å². The lowest BCUT2D eigenvalue weighted by Crippen LogP contribution is -2.32. The summed E-state index contributed by atoms with van der Waals surface area (Å²) < 4.78 is 70.3. The molecule has 0 spiro atoms. The molecule has 2 bridgehead atoms. The summed E-state index contributed by atoms with van der Waals surface area (Å²) in [5.41, 5.74) is 4.38. The highest BCUT2D eigenvalue weighted by Gasteiger charge is 2.52. The molecule has 9 atom stereocenters. The minimum Gasteiger partial charge on any atom is -0.369 e. The lowest BCUT2D eigenvalue weighted by molar-refractivity contribution is -0.0455. The maximum Gasteiger partial charge on any atom is 0.386 e. The van der Waals surface area contributed by atoms with E-state index >= 15 is 8.78 Å². The van der Waals surface area contributed by atoms with Crippen molar-refractivity contribution in [1.29, 1.82) is 0 Å². The van der Waals surface area contributed by atoms with Crippen LogP contribution in [0.3, 0.4) is 0 Å². The molecule has 0 radical (unpaired) electrons. The van der Waals surface area contributed by atoms with E-state index in [-0.39, 0.29) is 41.1 Å². The summed E-state index contributed by atoms with van der Waals surface area (Å²) in [6.07, 6.45) is -6.43. The molecule has 0 aliphatic carbocycles. The Hall–Kier alpha value is -3.29. The number of fused-ring (bicyclic) bond motifs is 5. The molecule has 0 amide bonds. The maximum absolute atomic E-state index is 15.9. The minimum absolute atomic E-state index is 0.0167. The number of thiol groups is 1. The molecule has 224 valence electrons. The normalized spacial score (nSPS) is 35.7. The Labute approximate surface area is 237 Å². The number of hydrogen-bond acceptors (Lipinski definition) is 13. The summed E-state index contributed by atoms with van der Waals surface area (Å²) in [5, 5.41) is 7.66. The Balaban J connectivity index is 1.17. The molecule has 3 fully saturated rings. The zero-order valence-electron chi connectivity index (χ0n) is 21.3. The van der Waals surface area contributed by atoms with Crippen LogP contribution in [0.4, 0.5) is 14.7 Å². The number of halogens is 2. The number of nitrogens with one attached hydrogen (secondary N) is 2. The molecule has 3 saturated heterocycles. The molecule has 7 heterocycles. The molecule has 4 aromatic rings. The first-order valence-electron chi connectivity index (χ1n) is 12.9. The van der Waals surface area contributed by atoms with Gasteiger partial charge in [0, 0.05) is 5.92 Å². The molecule has 42 heavy (non-hydrogen) atoms. The van der Waals surface area contributed by atoms with E-state index < -0.39 is 73.6 Å². The van der Waals surface area contributed by atoms with Crippen molar-refractivity contribution >= 4 is 47.3 Å². The van der Waals surface area contributed by atoms with Crippen molar-refractivity contribution in [1.82, 2.24) is 44.5 Å². The average molecular weight is 629 g/mol. The zero-order chi connectivity index (χ0) is 29.3.